The number of pyridine rings is 1. The molecule has 2 aromatic rings. The topological polar surface area (TPSA) is 93.8 Å². The number of halogens is 2. The monoisotopic (exact) mass is 283 g/mol. The highest BCUT2D eigenvalue weighted by atomic mass is 35.5. The number of nitrogen functional groups attached to an aromatic ring is 1. The third-order valence-corrected chi connectivity index (χ3v) is 2.29. The van der Waals surface area contributed by atoms with E-state index in [0.29, 0.717) is 5.69 Å². The van der Waals surface area contributed by atoms with Crippen LogP contribution in [0.4, 0.5) is 11.5 Å². The molecular weight excluding hydrogens is 277 g/mol. The van der Waals surface area contributed by atoms with Crippen molar-refractivity contribution in [2.24, 2.45) is 0 Å². The predicted octanol–water partition coefficient (Wildman–Crippen LogP) is 2.01. The highest BCUT2D eigenvalue weighted by Gasteiger charge is 2.09. The van der Waals surface area contributed by atoms with Crippen molar-refractivity contribution in [2.45, 2.75) is 0 Å². The summed E-state index contributed by atoms with van der Waals surface area (Å²) in [5.74, 6) is -0.246. The van der Waals surface area contributed by atoms with Crippen LogP contribution in [0.1, 0.15) is 10.5 Å². The van der Waals surface area contributed by atoms with E-state index in [2.05, 4.69) is 20.3 Å². The number of hydrogen-bond acceptors (Lipinski definition) is 5. The Morgan fingerprint density at radius 3 is 2.67 bits per heavy atom. The number of carbonyl (C=O) groups excluding carboxylic acids is 1. The molecule has 0 radical (unpaired) electrons. The Hall–Kier alpha value is -1.92. The summed E-state index contributed by atoms with van der Waals surface area (Å²) in [5.41, 5.74) is 6.15. The van der Waals surface area contributed by atoms with E-state index >= 15 is 0 Å². The number of aromatic nitrogens is 3. The molecule has 0 saturated heterocycles. The van der Waals surface area contributed by atoms with Gasteiger partial charge in [0.1, 0.15) is 16.7 Å². The molecule has 0 aliphatic rings. The molecular formula is C10H7Cl2N5O. The van der Waals surface area contributed by atoms with E-state index in [9.17, 15) is 4.79 Å². The molecule has 0 saturated carbocycles. The third kappa shape index (κ3) is 3.06. The number of hydrogen-bond donors (Lipinski definition) is 2. The van der Waals surface area contributed by atoms with Gasteiger partial charge in [0.05, 0.1) is 11.9 Å². The van der Waals surface area contributed by atoms with Gasteiger partial charge in [-0.1, -0.05) is 11.6 Å². The molecule has 0 spiro atoms. The molecule has 0 atom stereocenters. The number of rotatable bonds is 2. The lowest BCUT2D eigenvalue weighted by Crippen LogP contribution is -2.14. The van der Waals surface area contributed by atoms with E-state index in [1.165, 1.54) is 18.3 Å². The summed E-state index contributed by atoms with van der Waals surface area (Å²) >= 11 is 11.3. The Bertz CT molecular complexity index is 567. The zero-order valence-corrected chi connectivity index (χ0v) is 10.4. The normalized spacial score (nSPS) is 10.1. The minimum absolute atomic E-state index is 0.0527. The molecule has 92 valence electrons. The summed E-state index contributed by atoms with van der Waals surface area (Å²) < 4.78 is 0. The lowest BCUT2D eigenvalue weighted by molar-refractivity contribution is 0.102. The molecule has 8 heteroatoms. The lowest BCUT2D eigenvalue weighted by atomic mass is 10.3. The van der Waals surface area contributed by atoms with Crippen molar-refractivity contribution in [3.05, 3.63) is 40.5 Å². The first-order valence-corrected chi connectivity index (χ1v) is 5.53. The van der Waals surface area contributed by atoms with Crippen LogP contribution in [0.5, 0.6) is 0 Å². The second-order valence-corrected chi connectivity index (χ2v) is 4.00. The zero-order valence-electron chi connectivity index (χ0n) is 8.89. The molecule has 0 fully saturated rings. The summed E-state index contributed by atoms with van der Waals surface area (Å²) in [6.07, 6.45) is 1.38. The Balaban J connectivity index is 2.18. The van der Waals surface area contributed by atoms with E-state index in [1.807, 2.05) is 0 Å². The summed E-state index contributed by atoms with van der Waals surface area (Å²) in [6, 6.07) is 4.44. The van der Waals surface area contributed by atoms with Gasteiger partial charge in [-0.15, -0.1) is 0 Å². The van der Waals surface area contributed by atoms with Crippen LogP contribution in [0, 0.1) is 0 Å². The molecule has 2 rings (SSSR count). The van der Waals surface area contributed by atoms with E-state index in [1.54, 1.807) is 6.07 Å². The van der Waals surface area contributed by atoms with Gasteiger partial charge in [0.2, 0.25) is 5.28 Å². The first-order chi connectivity index (χ1) is 8.54. The number of nitrogens with two attached hydrogens (primary N) is 1. The number of amides is 1. The van der Waals surface area contributed by atoms with Crippen molar-refractivity contribution in [1.29, 1.82) is 0 Å². The zero-order chi connectivity index (χ0) is 13.1. The summed E-state index contributed by atoms with van der Waals surface area (Å²) in [5, 5.41) is 2.58. The van der Waals surface area contributed by atoms with Crippen molar-refractivity contribution in [3.63, 3.8) is 0 Å². The van der Waals surface area contributed by atoms with Crippen LogP contribution in [0.15, 0.2) is 24.4 Å². The summed E-state index contributed by atoms with van der Waals surface area (Å²) in [7, 11) is 0. The fourth-order valence-electron chi connectivity index (χ4n) is 1.17. The van der Waals surface area contributed by atoms with Crippen molar-refractivity contribution in [3.8, 4) is 0 Å². The Kier molecular flexibility index (Phi) is 3.59. The summed E-state index contributed by atoms with van der Waals surface area (Å²) in [6.45, 7) is 0. The maximum absolute atomic E-state index is 11.8. The molecule has 3 N–H and O–H groups in total. The van der Waals surface area contributed by atoms with Crippen molar-refractivity contribution in [1.82, 2.24) is 15.0 Å². The van der Waals surface area contributed by atoms with Gasteiger partial charge in [-0.25, -0.2) is 15.0 Å². The van der Waals surface area contributed by atoms with Gasteiger partial charge >= 0.3 is 0 Å². The maximum atomic E-state index is 11.8. The lowest BCUT2D eigenvalue weighted by Gasteiger charge is -2.04. The fourth-order valence-corrected chi connectivity index (χ4v) is 1.58. The Labute approximate surface area is 112 Å². The number of anilines is 2. The van der Waals surface area contributed by atoms with Crippen LogP contribution < -0.4 is 11.1 Å². The van der Waals surface area contributed by atoms with Gasteiger partial charge in [-0.05, 0) is 23.7 Å². The van der Waals surface area contributed by atoms with Crippen molar-refractivity contribution in [2.75, 3.05) is 11.1 Å². The predicted molar refractivity (Wildman–Crippen MR) is 68.7 cm³/mol. The second kappa shape index (κ2) is 5.16. The highest BCUT2D eigenvalue weighted by Crippen LogP contribution is 2.15. The molecule has 2 heterocycles. The molecule has 2 aromatic heterocycles. The van der Waals surface area contributed by atoms with Crippen LogP contribution in [0.2, 0.25) is 10.4 Å². The van der Waals surface area contributed by atoms with Crippen LogP contribution in [0.25, 0.3) is 0 Å². The molecule has 18 heavy (non-hydrogen) atoms. The molecule has 1 amide bonds. The van der Waals surface area contributed by atoms with Gasteiger partial charge in [0.25, 0.3) is 5.91 Å². The Morgan fingerprint density at radius 2 is 2.06 bits per heavy atom. The second-order valence-electron chi connectivity index (χ2n) is 3.28. The summed E-state index contributed by atoms with van der Waals surface area (Å²) in [4.78, 5) is 23.1. The number of carbonyl (C=O) groups is 1. The molecule has 0 aliphatic heterocycles. The minimum Gasteiger partial charge on any atom is -0.397 e. The van der Waals surface area contributed by atoms with Gasteiger partial charge in [-0.3, -0.25) is 4.79 Å². The van der Waals surface area contributed by atoms with Crippen LogP contribution in [-0.2, 0) is 0 Å². The number of nitrogens with zero attached hydrogens (tertiary/aromatic N) is 3. The molecule has 6 nitrogen and oxygen atoms in total. The average Bonchev–Trinajstić information content (AvgIpc) is 2.28. The van der Waals surface area contributed by atoms with Crippen LogP contribution in [0.3, 0.4) is 0 Å². The third-order valence-electron chi connectivity index (χ3n) is 1.93. The first-order valence-electron chi connectivity index (χ1n) is 4.77. The number of nitrogens with one attached hydrogen (secondary N) is 1. The van der Waals surface area contributed by atoms with E-state index in [0.717, 1.165) is 0 Å². The van der Waals surface area contributed by atoms with Crippen molar-refractivity contribution >= 4 is 40.6 Å². The Morgan fingerprint density at radius 1 is 1.28 bits per heavy atom. The molecule has 0 aliphatic carbocycles. The quantitative estimate of drug-likeness (QED) is 0.650. The van der Waals surface area contributed by atoms with Crippen molar-refractivity contribution < 1.29 is 4.79 Å². The van der Waals surface area contributed by atoms with E-state index < -0.39 is 5.91 Å². The van der Waals surface area contributed by atoms with Gasteiger partial charge in [0, 0.05) is 6.07 Å². The smallest absolute Gasteiger partial charge is 0.275 e. The molecule has 0 aromatic carbocycles. The molecule has 0 bridgehead atoms. The van der Waals surface area contributed by atoms with Gasteiger partial charge < -0.3 is 11.1 Å². The SMILES string of the molecule is Nc1ccc(C(=O)Nc2cc(Cl)nc(Cl)n2)nc1. The standard InChI is InChI=1S/C10H7Cl2N5O/c11-7-3-8(17-10(12)15-7)16-9(18)6-2-1-5(13)4-14-6/h1-4H,13H2,(H,15,16,17,18). The fraction of sp³-hybridized carbons (Fsp3) is 0. The highest BCUT2D eigenvalue weighted by molar-refractivity contribution is 6.32. The van der Waals surface area contributed by atoms with E-state index in [-0.39, 0.29) is 21.9 Å². The first kappa shape index (κ1) is 12.5. The van der Waals surface area contributed by atoms with Gasteiger partial charge in [0.15, 0.2) is 0 Å². The molecule has 0 unspecified atom stereocenters. The van der Waals surface area contributed by atoms with Crippen LogP contribution in [-0.4, -0.2) is 20.9 Å². The van der Waals surface area contributed by atoms with Gasteiger partial charge in [-0.2, -0.15) is 0 Å². The largest absolute Gasteiger partial charge is 0.397 e. The minimum atomic E-state index is -0.444. The van der Waals surface area contributed by atoms with Crippen LogP contribution >= 0.6 is 23.2 Å². The average molecular weight is 284 g/mol. The maximum Gasteiger partial charge on any atom is 0.275 e. The van der Waals surface area contributed by atoms with E-state index in [4.69, 9.17) is 28.9 Å².